The van der Waals surface area contributed by atoms with E-state index in [0.717, 1.165) is 32.1 Å². The summed E-state index contributed by atoms with van der Waals surface area (Å²) in [6, 6.07) is 8.65. The smallest absolute Gasteiger partial charge is 0.180 e. The van der Waals surface area contributed by atoms with E-state index in [4.69, 9.17) is 0 Å². The lowest BCUT2D eigenvalue weighted by atomic mass is 9.86. The number of Topliss-reactive ketones (excluding diaryl/α,β-unsaturated/α-hetero) is 3. The van der Waals surface area contributed by atoms with Crippen LogP contribution in [0.2, 0.25) is 0 Å². The maximum atomic E-state index is 12.6. The summed E-state index contributed by atoms with van der Waals surface area (Å²) in [6.45, 7) is 4.05. The number of hydrogen-bond acceptors (Lipinski definition) is 3. The molecule has 1 aromatic carbocycles. The van der Waals surface area contributed by atoms with Crippen molar-refractivity contribution in [2.75, 3.05) is 0 Å². The van der Waals surface area contributed by atoms with E-state index in [1.807, 2.05) is 13.0 Å². The fourth-order valence-electron chi connectivity index (χ4n) is 2.43. The molecule has 0 radical (unpaired) electrons. The first-order valence-corrected chi connectivity index (χ1v) is 8.26. The molecule has 0 aromatic heterocycles. The third-order valence-electron chi connectivity index (χ3n) is 3.77. The zero-order valence-corrected chi connectivity index (χ0v) is 13.6. The average molecular weight is 302 g/mol. The lowest BCUT2D eigenvalue weighted by Crippen LogP contribution is -2.32. The Kier molecular flexibility index (Phi) is 8.34. The van der Waals surface area contributed by atoms with Crippen LogP contribution in [0.25, 0.3) is 0 Å². The fourth-order valence-corrected chi connectivity index (χ4v) is 2.43. The highest BCUT2D eigenvalue weighted by Gasteiger charge is 2.32. The Morgan fingerprint density at radius 3 is 1.91 bits per heavy atom. The third kappa shape index (κ3) is 5.55. The van der Waals surface area contributed by atoms with Crippen molar-refractivity contribution in [1.82, 2.24) is 0 Å². The Balaban J connectivity index is 2.88. The number of unbranched alkanes of at least 4 members (excludes halogenated alkanes) is 3. The molecule has 1 rings (SSSR count). The van der Waals surface area contributed by atoms with Crippen LogP contribution < -0.4 is 0 Å². The van der Waals surface area contributed by atoms with E-state index in [-0.39, 0.29) is 17.3 Å². The van der Waals surface area contributed by atoms with Crippen LogP contribution in [0.4, 0.5) is 0 Å². The van der Waals surface area contributed by atoms with Gasteiger partial charge in [0.15, 0.2) is 17.3 Å². The molecule has 3 nitrogen and oxygen atoms in total. The first-order valence-electron chi connectivity index (χ1n) is 8.26. The molecule has 0 spiro atoms. The van der Waals surface area contributed by atoms with Gasteiger partial charge in [-0.1, -0.05) is 63.4 Å². The quantitative estimate of drug-likeness (QED) is 0.346. The SMILES string of the molecule is CCCCCC(=O)C(C(=O)CCCC)C(=O)c1ccccc1. The van der Waals surface area contributed by atoms with E-state index in [0.29, 0.717) is 18.4 Å². The number of benzene rings is 1. The summed E-state index contributed by atoms with van der Waals surface area (Å²) in [6.07, 6.45) is 4.92. The van der Waals surface area contributed by atoms with Gasteiger partial charge in [0.25, 0.3) is 0 Å². The number of carbonyl (C=O) groups excluding carboxylic acids is 3. The van der Waals surface area contributed by atoms with Gasteiger partial charge >= 0.3 is 0 Å². The van der Waals surface area contributed by atoms with Crippen LogP contribution in [-0.2, 0) is 9.59 Å². The normalized spacial score (nSPS) is 11.9. The molecule has 1 unspecified atom stereocenters. The van der Waals surface area contributed by atoms with E-state index in [1.165, 1.54) is 0 Å². The van der Waals surface area contributed by atoms with Crippen LogP contribution in [0.1, 0.15) is 69.2 Å². The van der Waals surface area contributed by atoms with Gasteiger partial charge < -0.3 is 0 Å². The second kappa shape index (κ2) is 10.0. The summed E-state index contributed by atoms with van der Waals surface area (Å²) in [4.78, 5) is 37.3. The van der Waals surface area contributed by atoms with Gasteiger partial charge in [0, 0.05) is 18.4 Å². The summed E-state index contributed by atoms with van der Waals surface area (Å²) in [7, 11) is 0. The molecule has 0 bridgehead atoms. The van der Waals surface area contributed by atoms with Crippen molar-refractivity contribution in [3.05, 3.63) is 35.9 Å². The van der Waals surface area contributed by atoms with Crippen LogP contribution in [-0.4, -0.2) is 17.3 Å². The molecule has 3 heteroatoms. The Morgan fingerprint density at radius 2 is 1.36 bits per heavy atom. The zero-order chi connectivity index (χ0) is 16.4. The monoisotopic (exact) mass is 302 g/mol. The number of ketones is 3. The minimum absolute atomic E-state index is 0.219. The van der Waals surface area contributed by atoms with E-state index >= 15 is 0 Å². The van der Waals surface area contributed by atoms with E-state index in [2.05, 4.69) is 6.92 Å². The lowest BCUT2D eigenvalue weighted by molar-refractivity contribution is -0.130. The van der Waals surface area contributed by atoms with Crippen LogP contribution in [0.5, 0.6) is 0 Å². The van der Waals surface area contributed by atoms with Crippen LogP contribution in [0, 0.1) is 5.92 Å². The fraction of sp³-hybridized carbons (Fsp3) is 0.526. The minimum atomic E-state index is -1.11. The molecule has 22 heavy (non-hydrogen) atoms. The molecule has 0 saturated heterocycles. The van der Waals surface area contributed by atoms with Gasteiger partial charge in [-0.3, -0.25) is 14.4 Å². The molecule has 1 atom stereocenters. The maximum absolute atomic E-state index is 12.6. The van der Waals surface area contributed by atoms with Gasteiger partial charge in [0.05, 0.1) is 0 Å². The Bertz CT molecular complexity index is 491. The molecule has 0 aliphatic carbocycles. The van der Waals surface area contributed by atoms with Crippen LogP contribution in [0.3, 0.4) is 0 Å². The van der Waals surface area contributed by atoms with Crippen LogP contribution >= 0.6 is 0 Å². The lowest BCUT2D eigenvalue weighted by Gasteiger charge is -2.14. The largest absolute Gasteiger partial charge is 0.298 e. The van der Waals surface area contributed by atoms with Crippen molar-refractivity contribution >= 4 is 17.3 Å². The van der Waals surface area contributed by atoms with Gasteiger partial charge in [0.1, 0.15) is 5.92 Å². The van der Waals surface area contributed by atoms with Gasteiger partial charge in [-0.05, 0) is 12.8 Å². The summed E-state index contributed by atoms with van der Waals surface area (Å²) in [5.74, 6) is -1.89. The Labute approximate surface area is 133 Å². The van der Waals surface area contributed by atoms with Gasteiger partial charge in [-0.2, -0.15) is 0 Å². The number of hydrogen-bond donors (Lipinski definition) is 0. The van der Waals surface area contributed by atoms with Crippen LogP contribution in [0.15, 0.2) is 30.3 Å². The molecule has 0 fully saturated rings. The summed E-state index contributed by atoms with van der Waals surface area (Å²) < 4.78 is 0. The average Bonchev–Trinajstić information content (AvgIpc) is 2.54. The predicted octanol–water partition coefficient (Wildman–Crippen LogP) is 4.39. The van der Waals surface area contributed by atoms with Crippen molar-refractivity contribution in [3.8, 4) is 0 Å². The van der Waals surface area contributed by atoms with Crippen molar-refractivity contribution in [1.29, 1.82) is 0 Å². The van der Waals surface area contributed by atoms with Crippen molar-refractivity contribution in [2.24, 2.45) is 5.92 Å². The molecular weight excluding hydrogens is 276 g/mol. The molecule has 0 saturated carbocycles. The van der Waals surface area contributed by atoms with Crippen molar-refractivity contribution < 1.29 is 14.4 Å². The van der Waals surface area contributed by atoms with E-state index in [9.17, 15) is 14.4 Å². The van der Waals surface area contributed by atoms with Gasteiger partial charge in [0.2, 0.25) is 0 Å². The van der Waals surface area contributed by atoms with E-state index in [1.54, 1.807) is 24.3 Å². The highest BCUT2D eigenvalue weighted by atomic mass is 16.2. The highest BCUT2D eigenvalue weighted by Crippen LogP contribution is 2.17. The predicted molar refractivity (Wildman–Crippen MR) is 87.9 cm³/mol. The maximum Gasteiger partial charge on any atom is 0.180 e. The second-order valence-corrected chi connectivity index (χ2v) is 5.66. The summed E-state index contributed by atoms with van der Waals surface area (Å²) in [5, 5.41) is 0. The minimum Gasteiger partial charge on any atom is -0.298 e. The van der Waals surface area contributed by atoms with Crippen molar-refractivity contribution in [3.63, 3.8) is 0 Å². The first-order chi connectivity index (χ1) is 10.6. The number of rotatable bonds is 11. The van der Waals surface area contributed by atoms with E-state index < -0.39 is 5.92 Å². The summed E-state index contributed by atoms with van der Waals surface area (Å²) >= 11 is 0. The van der Waals surface area contributed by atoms with Gasteiger partial charge in [-0.15, -0.1) is 0 Å². The molecule has 0 amide bonds. The third-order valence-corrected chi connectivity index (χ3v) is 3.77. The summed E-state index contributed by atoms with van der Waals surface area (Å²) in [5.41, 5.74) is 0.446. The second-order valence-electron chi connectivity index (χ2n) is 5.66. The molecule has 1 aromatic rings. The number of carbonyl (C=O) groups is 3. The standard InChI is InChI=1S/C19H26O3/c1-3-5-8-14-17(21)18(16(20)13-6-4-2)19(22)15-11-9-7-10-12-15/h7,9-12,18H,3-6,8,13-14H2,1-2H3. The zero-order valence-electron chi connectivity index (χ0n) is 13.6. The molecule has 0 aliphatic heterocycles. The Morgan fingerprint density at radius 1 is 0.818 bits per heavy atom. The topological polar surface area (TPSA) is 51.2 Å². The molecule has 0 heterocycles. The Hall–Kier alpha value is -1.77. The van der Waals surface area contributed by atoms with Gasteiger partial charge in [-0.25, -0.2) is 0 Å². The molecule has 0 aliphatic rings. The molecule has 0 N–H and O–H groups in total. The molecular formula is C19H26O3. The molecule has 120 valence electrons. The van der Waals surface area contributed by atoms with Crippen molar-refractivity contribution in [2.45, 2.75) is 58.8 Å². The highest BCUT2D eigenvalue weighted by molar-refractivity contribution is 6.24. The first kappa shape index (κ1) is 18.3.